The van der Waals surface area contributed by atoms with E-state index in [0.717, 1.165) is 12.1 Å². The molecule has 0 saturated carbocycles. The van der Waals surface area contributed by atoms with Gasteiger partial charge in [-0.15, -0.1) is 0 Å². The highest BCUT2D eigenvalue weighted by Crippen LogP contribution is 2.18. The van der Waals surface area contributed by atoms with Gasteiger partial charge in [0.2, 0.25) is 11.8 Å². The van der Waals surface area contributed by atoms with Crippen LogP contribution in [0.15, 0.2) is 48.7 Å². The Balaban J connectivity index is 1.65. The highest BCUT2D eigenvalue weighted by atomic mass is 16.2. The minimum Gasteiger partial charge on any atom is -0.336 e. The average molecular weight is 323 g/mol. The lowest BCUT2D eigenvalue weighted by molar-refractivity contribution is -0.140. The highest BCUT2D eigenvalue weighted by molar-refractivity contribution is 5.84. The molecule has 2 aromatic rings. The lowest BCUT2D eigenvalue weighted by Gasteiger charge is -2.31. The maximum atomic E-state index is 12.6. The molecule has 1 aromatic carbocycles. The van der Waals surface area contributed by atoms with Gasteiger partial charge in [0.1, 0.15) is 6.54 Å². The largest absolute Gasteiger partial charge is 0.336 e. The zero-order chi connectivity index (χ0) is 16.9. The number of aromatic nitrogens is 1. The molecule has 1 aliphatic heterocycles. The van der Waals surface area contributed by atoms with Crippen LogP contribution in [0.3, 0.4) is 0 Å². The summed E-state index contributed by atoms with van der Waals surface area (Å²) in [5.41, 5.74) is 3.28. The van der Waals surface area contributed by atoms with E-state index >= 15 is 0 Å². The van der Waals surface area contributed by atoms with E-state index in [1.165, 1.54) is 18.1 Å². The van der Waals surface area contributed by atoms with Crippen LogP contribution < -0.4 is 0 Å². The molecule has 124 valence electrons. The predicted molar refractivity (Wildman–Crippen MR) is 90.9 cm³/mol. The Morgan fingerprint density at radius 2 is 1.88 bits per heavy atom. The Morgan fingerprint density at radius 1 is 1.12 bits per heavy atom. The summed E-state index contributed by atoms with van der Waals surface area (Å²) in [7, 11) is 0. The zero-order valence-electron chi connectivity index (χ0n) is 13.8. The van der Waals surface area contributed by atoms with Gasteiger partial charge in [-0.3, -0.25) is 14.6 Å². The quantitative estimate of drug-likeness (QED) is 0.865. The molecule has 5 nitrogen and oxygen atoms in total. The van der Waals surface area contributed by atoms with E-state index in [9.17, 15) is 9.59 Å². The fraction of sp³-hybridized carbons (Fsp3) is 0.316. The molecule has 0 bridgehead atoms. The molecule has 5 heteroatoms. The van der Waals surface area contributed by atoms with Crippen molar-refractivity contribution in [2.45, 2.75) is 26.4 Å². The van der Waals surface area contributed by atoms with Crippen LogP contribution in [-0.2, 0) is 29.1 Å². The monoisotopic (exact) mass is 323 g/mol. The average Bonchev–Trinajstić information content (AvgIpc) is 2.61. The normalized spacial score (nSPS) is 13.3. The van der Waals surface area contributed by atoms with E-state index in [1.807, 2.05) is 35.2 Å². The summed E-state index contributed by atoms with van der Waals surface area (Å²) in [6, 6.07) is 13.8. The smallest absolute Gasteiger partial charge is 0.242 e. The third-order valence-corrected chi connectivity index (χ3v) is 4.33. The second-order valence-electron chi connectivity index (χ2n) is 6.03. The predicted octanol–water partition coefficient (Wildman–Crippen LogP) is 2.01. The zero-order valence-corrected chi connectivity index (χ0v) is 13.8. The SMILES string of the molecule is CC(=O)N(CC(=O)N1CCc2ccccc2C1)Cc1ccccn1. The summed E-state index contributed by atoms with van der Waals surface area (Å²) >= 11 is 0. The molecule has 0 N–H and O–H groups in total. The lowest BCUT2D eigenvalue weighted by Crippen LogP contribution is -2.43. The maximum absolute atomic E-state index is 12.6. The number of pyridine rings is 1. The second kappa shape index (κ2) is 7.25. The number of hydrogen-bond acceptors (Lipinski definition) is 3. The number of hydrogen-bond donors (Lipinski definition) is 0. The summed E-state index contributed by atoms with van der Waals surface area (Å²) in [5, 5.41) is 0. The van der Waals surface area contributed by atoms with Crippen LogP contribution in [-0.4, -0.2) is 39.7 Å². The molecular formula is C19H21N3O2. The third-order valence-electron chi connectivity index (χ3n) is 4.33. The van der Waals surface area contributed by atoms with Gasteiger partial charge >= 0.3 is 0 Å². The molecule has 0 fully saturated rings. The van der Waals surface area contributed by atoms with Crippen LogP contribution in [0, 0.1) is 0 Å². The Kier molecular flexibility index (Phi) is 4.89. The first-order chi connectivity index (χ1) is 11.6. The minimum absolute atomic E-state index is 0.0179. The van der Waals surface area contributed by atoms with Crippen LogP contribution in [0.4, 0.5) is 0 Å². The number of fused-ring (bicyclic) bond motifs is 1. The Morgan fingerprint density at radius 3 is 2.58 bits per heavy atom. The topological polar surface area (TPSA) is 53.5 Å². The van der Waals surface area contributed by atoms with Gasteiger partial charge in [0.05, 0.1) is 12.2 Å². The standard InChI is InChI=1S/C19H21N3O2/c1-15(23)22(13-18-8-4-5-10-20-18)14-19(24)21-11-9-16-6-2-3-7-17(16)12-21/h2-8,10H,9,11-14H2,1H3. The first-order valence-electron chi connectivity index (χ1n) is 8.13. The van der Waals surface area contributed by atoms with E-state index in [0.29, 0.717) is 19.6 Å². The van der Waals surface area contributed by atoms with Gasteiger partial charge < -0.3 is 9.80 Å². The van der Waals surface area contributed by atoms with Gasteiger partial charge in [-0.25, -0.2) is 0 Å². The number of carbonyl (C=O) groups excluding carboxylic acids is 2. The Bertz CT molecular complexity index is 730. The van der Waals surface area contributed by atoms with Crippen molar-refractivity contribution in [1.29, 1.82) is 0 Å². The van der Waals surface area contributed by atoms with E-state index < -0.39 is 0 Å². The van der Waals surface area contributed by atoms with Crippen molar-refractivity contribution in [3.05, 3.63) is 65.5 Å². The van der Waals surface area contributed by atoms with Gasteiger partial charge in [-0.1, -0.05) is 30.3 Å². The van der Waals surface area contributed by atoms with Crippen molar-refractivity contribution in [2.24, 2.45) is 0 Å². The van der Waals surface area contributed by atoms with E-state index in [4.69, 9.17) is 0 Å². The molecule has 3 rings (SSSR count). The summed E-state index contributed by atoms with van der Waals surface area (Å²) in [4.78, 5) is 32.1. The first kappa shape index (κ1) is 16.2. The second-order valence-corrected chi connectivity index (χ2v) is 6.03. The molecule has 0 saturated heterocycles. The molecule has 2 amide bonds. The Labute approximate surface area is 141 Å². The van der Waals surface area contributed by atoms with Gasteiger partial charge in [-0.05, 0) is 29.7 Å². The van der Waals surface area contributed by atoms with Crippen LogP contribution in [0.5, 0.6) is 0 Å². The van der Waals surface area contributed by atoms with Gasteiger partial charge in [-0.2, -0.15) is 0 Å². The summed E-state index contributed by atoms with van der Waals surface area (Å²) < 4.78 is 0. The summed E-state index contributed by atoms with van der Waals surface area (Å²) in [5.74, 6) is -0.137. The number of amides is 2. The molecule has 1 aromatic heterocycles. The van der Waals surface area contributed by atoms with Crippen molar-refractivity contribution >= 4 is 11.8 Å². The van der Waals surface area contributed by atoms with Crippen LogP contribution in [0.2, 0.25) is 0 Å². The Hall–Kier alpha value is -2.69. The fourth-order valence-electron chi connectivity index (χ4n) is 2.94. The third kappa shape index (κ3) is 3.79. The molecule has 1 aliphatic rings. The number of carbonyl (C=O) groups is 2. The van der Waals surface area contributed by atoms with Crippen molar-refractivity contribution in [3.8, 4) is 0 Å². The molecule has 0 atom stereocenters. The molecule has 0 unspecified atom stereocenters. The van der Waals surface area contributed by atoms with Gasteiger partial charge in [0, 0.05) is 26.2 Å². The van der Waals surface area contributed by atoms with Gasteiger partial charge in [0.15, 0.2) is 0 Å². The van der Waals surface area contributed by atoms with Crippen LogP contribution in [0.1, 0.15) is 23.7 Å². The van der Waals surface area contributed by atoms with Crippen molar-refractivity contribution in [2.75, 3.05) is 13.1 Å². The molecule has 0 spiro atoms. The summed E-state index contributed by atoms with van der Waals surface area (Å²) in [6.45, 7) is 3.25. The van der Waals surface area contributed by atoms with E-state index in [-0.39, 0.29) is 18.4 Å². The van der Waals surface area contributed by atoms with Crippen molar-refractivity contribution < 1.29 is 9.59 Å². The van der Waals surface area contributed by atoms with E-state index in [1.54, 1.807) is 11.1 Å². The van der Waals surface area contributed by atoms with Crippen LogP contribution in [0.25, 0.3) is 0 Å². The minimum atomic E-state index is -0.119. The van der Waals surface area contributed by atoms with Crippen LogP contribution >= 0.6 is 0 Å². The highest BCUT2D eigenvalue weighted by Gasteiger charge is 2.23. The molecule has 2 heterocycles. The molecule has 0 radical (unpaired) electrons. The number of benzene rings is 1. The lowest BCUT2D eigenvalue weighted by atomic mass is 10.00. The molecule has 24 heavy (non-hydrogen) atoms. The summed E-state index contributed by atoms with van der Waals surface area (Å²) in [6.07, 6.45) is 2.55. The molecular weight excluding hydrogens is 302 g/mol. The number of rotatable bonds is 4. The number of nitrogens with zero attached hydrogens (tertiary/aromatic N) is 3. The first-order valence-corrected chi connectivity index (χ1v) is 8.13. The maximum Gasteiger partial charge on any atom is 0.242 e. The van der Waals surface area contributed by atoms with Crippen molar-refractivity contribution in [1.82, 2.24) is 14.8 Å². The molecule has 0 aliphatic carbocycles. The fourth-order valence-corrected chi connectivity index (χ4v) is 2.94. The van der Waals surface area contributed by atoms with Gasteiger partial charge in [0.25, 0.3) is 0 Å². The van der Waals surface area contributed by atoms with E-state index in [2.05, 4.69) is 17.1 Å². The van der Waals surface area contributed by atoms with Crippen molar-refractivity contribution in [3.63, 3.8) is 0 Å².